The Labute approximate surface area is 170 Å². The van der Waals surface area contributed by atoms with Crippen LogP contribution in [0.4, 0.5) is 5.82 Å². The van der Waals surface area contributed by atoms with Crippen LogP contribution >= 0.6 is 0 Å². The van der Waals surface area contributed by atoms with Gasteiger partial charge in [0.05, 0.1) is 23.3 Å². The van der Waals surface area contributed by atoms with Crippen molar-refractivity contribution in [1.82, 2.24) is 19.3 Å². The molecule has 29 heavy (non-hydrogen) atoms. The normalized spacial score (nSPS) is 29.2. The molecule has 2 fully saturated rings. The van der Waals surface area contributed by atoms with E-state index in [2.05, 4.69) is 19.9 Å². The standard InChI is InChI=1S/C19H29N5O4S/c1-23(19-15-6-8-20-18(15)21-12-22-19)14-4-2-13(3-5-14)11-29(27,28)24-9-7-16(25)17(26)10-24/h6,8,12-14,16-17,25-26H,2-5,7,9-11H2,1H3,(H,20,21,22)/t13-,14-,16-,17-/m1/s1. The van der Waals surface area contributed by atoms with E-state index < -0.39 is 22.2 Å². The van der Waals surface area contributed by atoms with Crippen LogP contribution in [0.2, 0.25) is 0 Å². The molecule has 1 saturated heterocycles. The van der Waals surface area contributed by atoms with Gasteiger partial charge in [-0.3, -0.25) is 0 Å². The van der Waals surface area contributed by atoms with Crippen molar-refractivity contribution in [3.05, 3.63) is 18.6 Å². The van der Waals surface area contributed by atoms with Gasteiger partial charge in [0.2, 0.25) is 10.0 Å². The quantitative estimate of drug-likeness (QED) is 0.647. The van der Waals surface area contributed by atoms with Crippen LogP contribution in [0.15, 0.2) is 18.6 Å². The summed E-state index contributed by atoms with van der Waals surface area (Å²) in [5.74, 6) is 1.13. The zero-order valence-electron chi connectivity index (χ0n) is 16.6. The van der Waals surface area contributed by atoms with Crippen molar-refractivity contribution in [1.29, 1.82) is 0 Å². The minimum atomic E-state index is -3.43. The van der Waals surface area contributed by atoms with Crippen molar-refractivity contribution in [2.24, 2.45) is 5.92 Å². The average Bonchev–Trinajstić information content (AvgIpc) is 3.18. The van der Waals surface area contributed by atoms with E-state index in [4.69, 9.17) is 0 Å². The highest BCUT2D eigenvalue weighted by atomic mass is 32.2. The maximum Gasteiger partial charge on any atom is 0.214 e. The average molecular weight is 424 g/mol. The van der Waals surface area contributed by atoms with Crippen LogP contribution in [0, 0.1) is 5.92 Å². The van der Waals surface area contributed by atoms with Crippen LogP contribution < -0.4 is 4.90 Å². The SMILES string of the molecule is CN(c1ncnc2[nH]ccc12)[C@H]1CC[C@H](CS(=O)(=O)N2CC[C@@H](O)[C@H](O)C2)CC1. The Kier molecular flexibility index (Phi) is 5.78. The number of rotatable bonds is 5. The van der Waals surface area contributed by atoms with Crippen molar-refractivity contribution in [3.8, 4) is 0 Å². The molecule has 2 aromatic rings. The van der Waals surface area contributed by atoms with Crippen molar-refractivity contribution < 1.29 is 18.6 Å². The predicted octanol–water partition coefficient (Wildman–Crippen LogP) is 0.710. The van der Waals surface area contributed by atoms with Crippen molar-refractivity contribution in [3.63, 3.8) is 0 Å². The molecule has 0 bridgehead atoms. The fourth-order valence-corrected chi connectivity index (χ4v) is 6.46. The molecule has 0 unspecified atom stereocenters. The Bertz CT molecular complexity index is 941. The zero-order chi connectivity index (χ0) is 20.6. The molecular formula is C19H29N5O4S. The van der Waals surface area contributed by atoms with Gasteiger partial charge in [0.25, 0.3) is 0 Å². The number of aromatic amines is 1. The Hall–Kier alpha value is -1.75. The van der Waals surface area contributed by atoms with E-state index in [1.165, 1.54) is 4.31 Å². The topological polar surface area (TPSA) is 123 Å². The lowest BCUT2D eigenvalue weighted by molar-refractivity contribution is -0.0192. The lowest BCUT2D eigenvalue weighted by Gasteiger charge is -2.37. The predicted molar refractivity (Wildman–Crippen MR) is 110 cm³/mol. The van der Waals surface area contributed by atoms with E-state index in [1.54, 1.807) is 6.33 Å². The van der Waals surface area contributed by atoms with Gasteiger partial charge in [-0.25, -0.2) is 18.4 Å². The zero-order valence-corrected chi connectivity index (χ0v) is 17.4. The number of aromatic nitrogens is 3. The van der Waals surface area contributed by atoms with Gasteiger partial charge in [0.1, 0.15) is 17.8 Å². The molecule has 0 spiro atoms. The summed E-state index contributed by atoms with van der Waals surface area (Å²) >= 11 is 0. The highest BCUT2D eigenvalue weighted by Crippen LogP contribution is 2.32. The summed E-state index contributed by atoms with van der Waals surface area (Å²) in [5.41, 5.74) is 0.815. The number of hydrogen-bond donors (Lipinski definition) is 3. The number of piperidine rings is 1. The number of nitrogens with one attached hydrogen (secondary N) is 1. The molecule has 9 nitrogen and oxygen atoms in total. The fourth-order valence-electron chi connectivity index (χ4n) is 4.56. The molecule has 1 saturated carbocycles. The second kappa shape index (κ2) is 8.17. The van der Waals surface area contributed by atoms with E-state index in [1.807, 2.05) is 19.3 Å². The third-order valence-corrected chi connectivity index (χ3v) is 8.39. The van der Waals surface area contributed by atoms with Gasteiger partial charge in [-0.2, -0.15) is 4.31 Å². The Morgan fingerprint density at radius 2 is 1.93 bits per heavy atom. The number of aliphatic hydroxyl groups excluding tert-OH is 2. The monoisotopic (exact) mass is 423 g/mol. The van der Waals surface area contributed by atoms with E-state index in [9.17, 15) is 18.6 Å². The van der Waals surface area contributed by atoms with Gasteiger partial charge in [0, 0.05) is 32.4 Å². The van der Waals surface area contributed by atoms with Gasteiger partial charge in [-0.15, -0.1) is 0 Å². The van der Waals surface area contributed by atoms with Crippen LogP contribution in [0.3, 0.4) is 0 Å². The number of nitrogens with zero attached hydrogens (tertiary/aromatic N) is 4. The Morgan fingerprint density at radius 3 is 2.66 bits per heavy atom. The molecule has 0 amide bonds. The highest BCUT2D eigenvalue weighted by Gasteiger charge is 2.35. The molecule has 0 aromatic carbocycles. The number of fused-ring (bicyclic) bond motifs is 1. The maximum atomic E-state index is 12.8. The number of β-amino-alcohol motifs (C(OH)–C–C–N with tert-alkyl or cyclic N) is 1. The van der Waals surface area contributed by atoms with Gasteiger partial charge in [-0.1, -0.05) is 0 Å². The van der Waals surface area contributed by atoms with E-state index in [0.29, 0.717) is 6.04 Å². The van der Waals surface area contributed by atoms with Gasteiger partial charge >= 0.3 is 0 Å². The molecule has 3 N–H and O–H groups in total. The summed E-state index contributed by atoms with van der Waals surface area (Å²) in [4.78, 5) is 14.0. The second-order valence-electron chi connectivity index (χ2n) is 8.28. The van der Waals surface area contributed by atoms with Gasteiger partial charge < -0.3 is 20.1 Å². The summed E-state index contributed by atoms with van der Waals surface area (Å²) in [6, 6.07) is 2.29. The summed E-state index contributed by atoms with van der Waals surface area (Å²) in [5, 5.41) is 20.4. The molecule has 10 heteroatoms. The molecule has 2 aromatic heterocycles. The number of H-pyrrole nitrogens is 1. The van der Waals surface area contributed by atoms with E-state index >= 15 is 0 Å². The summed E-state index contributed by atoms with van der Waals surface area (Å²) < 4.78 is 26.9. The lowest BCUT2D eigenvalue weighted by Crippen LogP contribution is -2.50. The molecular weight excluding hydrogens is 394 g/mol. The van der Waals surface area contributed by atoms with Crippen LogP contribution in [-0.2, 0) is 10.0 Å². The first-order chi connectivity index (χ1) is 13.8. The first-order valence-electron chi connectivity index (χ1n) is 10.2. The summed E-state index contributed by atoms with van der Waals surface area (Å²) in [6.45, 7) is 0.265. The first kappa shape index (κ1) is 20.5. The Balaban J connectivity index is 1.35. The molecule has 2 atom stereocenters. The largest absolute Gasteiger partial charge is 0.390 e. The first-order valence-corrected chi connectivity index (χ1v) is 11.8. The smallest absolute Gasteiger partial charge is 0.214 e. The molecule has 1 aliphatic carbocycles. The number of anilines is 1. The lowest BCUT2D eigenvalue weighted by atomic mass is 9.86. The van der Waals surface area contributed by atoms with Gasteiger partial charge in [0.15, 0.2) is 0 Å². The molecule has 2 aliphatic rings. The van der Waals surface area contributed by atoms with Crippen LogP contribution in [0.1, 0.15) is 32.1 Å². The summed E-state index contributed by atoms with van der Waals surface area (Å²) in [7, 11) is -1.39. The van der Waals surface area contributed by atoms with Crippen LogP contribution in [-0.4, -0.2) is 82.0 Å². The fraction of sp³-hybridized carbons (Fsp3) is 0.684. The van der Waals surface area contributed by atoms with Crippen LogP contribution in [0.25, 0.3) is 11.0 Å². The molecule has 3 heterocycles. The van der Waals surface area contributed by atoms with E-state index in [0.717, 1.165) is 42.5 Å². The molecule has 4 rings (SSSR count). The van der Waals surface area contributed by atoms with Crippen LogP contribution in [0.5, 0.6) is 0 Å². The third-order valence-electron chi connectivity index (χ3n) is 6.38. The molecule has 1 aliphatic heterocycles. The van der Waals surface area contributed by atoms with Crippen molar-refractivity contribution in [2.45, 2.75) is 50.4 Å². The third kappa shape index (κ3) is 4.25. The minimum Gasteiger partial charge on any atom is -0.390 e. The van der Waals surface area contributed by atoms with Crippen molar-refractivity contribution in [2.75, 3.05) is 30.8 Å². The molecule has 0 radical (unpaired) electrons. The maximum absolute atomic E-state index is 12.8. The minimum absolute atomic E-state index is 0.0119. The summed E-state index contributed by atoms with van der Waals surface area (Å²) in [6.07, 6.45) is 5.37. The second-order valence-corrected chi connectivity index (χ2v) is 10.3. The Morgan fingerprint density at radius 1 is 1.17 bits per heavy atom. The van der Waals surface area contributed by atoms with E-state index in [-0.39, 0.29) is 31.2 Å². The number of sulfonamides is 1. The number of hydrogen-bond acceptors (Lipinski definition) is 7. The van der Waals surface area contributed by atoms with Crippen molar-refractivity contribution >= 4 is 26.9 Å². The highest BCUT2D eigenvalue weighted by molar-refractivity contribution is 7.89. The number of aliphatic hydroxyl groups is 2. The van der Waals surface area contributed by atoms with Gasteiger partial charge in [-0.05, 0) is 44.1 Å². The molecule has 160 valence electrons.